The Morgan fingerprint density at radius 1 is 1.36 bits per heavy atom. The van der Waals surface area contributed by atoms with E-state index in [1.807, 2.05) is 0 Å². The number of amides is 3. The first-order valence-corrected chi connectivity index (χ1v) is 8.94. The molecule has 1 fully saturated rings. The van der Waals surface area contributed by atoms with Crippen molar-refractivity contribution in [3.8, 4) is 5.75 Å². The highest BCUT2D eigenvalue weighted by molar-refractivity contribution is 5.89. The zero-order valence-corrected chi connectivity index (χ0v) is 16.7. The van der Waals surface area contributed by atoms with Crippen LogP contribution in [-0.2, 0) is 14.3 Å². The highest BCUT2D eigenvalue weighted by Crippen LogP contribution is 2.23. The molecular weight excluding hydrogens is 369 g/mol. The molecule has 8 nitrogen and oxygen atoms in total. The Morgan fingerprint density at radius 3 is 2.61 bits per heavy atom. The summed E-state index contributed by atoms with van der Waals surface area (Å²) in [5.74, 6) is -2.03. The number of nitrogens with zero attached hydrogens (tertiary/aromatic N) is 1. The highest BCUT2D eigenvalue weighted by Gasteiger charge is 2.35. The van der Waals surface area contributed by atoms with E-state index < -0.39 is 41.3 Å². The average Bonchev–Trinajstić information content (AvgIpc) is 2.59. The van der Waals surface area contributed by atoms with E-state index in [0.717, 1.165) is 5.01 Å². The molecule has 0 bridgehead atoms. The second kappa shape index (κ2) is 8.45. The van der Waals surface area contributed by atoms with Crippen molar-refractivity contribution in [2.45, 2.75) is 45.8 Å². The van der Waals surface area contributed by atoms with Crippen LogP contribution in [0.5, 0.6) is 5.75 Å². The van der Waals surface area contributed by atoms with Gasteiger partial charge in [-0.1, -0.05) is 6.07 Å². The van der Waals surface area contributed by atoms with E-state index in [-0.39, 0.29) is 18.7 Å². The van der Waals surface area contributed by atoms with E-state index in [1.165, 1.54) is 19.2 Å². The summed E-state index contributed by atoms with van der Waals surface area (Å²) in [5, 5.41) is 3.75. The predicted octanol–water partition coefficient (Wildman–Crippen LogP) is 2.30. The van der Waals surface area contributed by atoms with Crippen LogP contribution in [0.2, 0.25) is 0 Å². The van der Waals surface area contributed by atoms with Crippen LogP contribution < -0.4 is 15.5 Å². The van der Waals surface area contributed by atoms with E-state index in [0.29, 0.717) is 5.56 Å². The highest BCUT2D eigenvalue weighted by atomic mass is 19.1. The van der Waals surface area contributed by atoms with Crippen molar-refractivity contribution in [3.05, 3.63) is 29.6 Å². The van der Waals surface area contributed by atoms with E-state index in [4.69, 9.17) is 9.47 Å². The van der Waals surface area contributed by atoms with E-state index in [1.54, 1.807) is 33.8 Å². The maximum Gasteiger partial charge on any atom is 0.429 e. The number of hydrogen-bond acceptors (Lipinski definition) is 5. The van der Waals surface area contributed by atoms with Crippen LogP contribution in [0.15, 0.2) is 18.2 Å². The largest absolute Gasteiger partial charge is 0.494 e. The van der Waals surface area contributed by atoms with E-state index in [2.05, 4.69) is 10.7 Å². The molecule has 0 unspecified atom stereocenters. The third-order valence-electron chi connectivity index (χ3n) is 4.11. The molecular formula is C19H26FN3O5. The van der Waals surface area contributed by atoms with Crippen molar-refractivity contribution in [1.29, 1.82) is 0 Å². The maximum absolute atomic E-state index is 13.9. The van der Waals surface area contributed by atoms with Gasteiger partial charge >= 0.3 is 6.09 Å². The molecule has 3 amide bonds. The van der Waals surface area contributed by atoms with Gasteiger partial charge in [0.1, 0.15) is 5.60 Å². The van der Waals surface area contributed by atoms with Gasteiger partial charge in [-0.2, -0.15) is 0 Å². The summed E-state index contributed by atoms with van der Waals surface area (Å²) in [5.41, 5.74) is 2.22. The Kier molecular flexibility index (Phi) is 6.48. The maximum atomic E-state index is 13.9. The second-order valence-electron chi connectivity index (χ2n) is 7.65. The van der Waals surface area contributed by atoms with Crippen molar-refractivity contribution in [2.75, 3.05) is 13.7 Å². The molecule has 2 rings (SSSR count). The van der Waals surface area contributed by atoms with Crippen LogP contribution in [0.4, 0.5) is 9.18 Å². The molecule has 9 heteroatoms. The van der Waals surface area contributed by atoms with Gasteiger partial charge in [0.25, 0.3) is 0 Å². The minimum absolute atomic E-state index is 0.0177. The van der Waals surface area contributed by atoms with Gasteiger partial charge in [-0.05, 0) is 45.4 Å². The SMILES string of the molecule is COc1ccc([C@@H](C)NC(=O)[C@@H]2CC(=O)NN(C(=O)OC(C)(C)C)C2)cc1F. The fourth-order valence-corrected chi connectivity index (χ4v) is 2.73. The second-order valence-corrected chi connectivity index (χ2v) is 7.65. The lowest BCUT2D eigenvalue weighted by Gasteiger charge is -2.33. The number of halogens is 1. The summed E-state index contributed by atoms with van der Waals surface area (Å²) in [6, 6.07) is 3.91. The molecule has 1 saturated heterocycles. The number of nitrogens with one attached hydrogen (secondary N) is 2. The monoisotopic (exact) mass is 395 g/mol. The Morgan fingerprint density at radius 2 is 2.04 bits per heavy atom. The van der Waals surface area contributed by atoms with Gasteiger partial charge in [-0.25, -0.2) is 14.2 Å². The van der Waals surface area contributed by atoms with Crippen molar-refractivity contribution < 1.29 is 28.2 Å². The lowest BCUT2D eigenvalue weighted by Crippen LogP contribution is -2.57. The molecule has 1 aliphatic rings. The Hall–Kier alpha value is -2.84. The quantitative estimate of drug-likeness (QED) is 0.815. The van der Waals surface area contributed by atoms with Crippen molar-refractivity contribution in [3.63, 3.8) is 0 Å². The van der Waals surface area contributed by atoms with Crippen LogP contribution in [0, 0.1) is 11.7 Å². The predicted molar refractivity (Wildman–Crippen MR) is 98.7 cm³/mol. The van der Waals surface area contributed by atoms with Crippen LogP contribution in [0.25, 0.3) is 0 Å². The van der Waals surface area contributed by atoms with Crippen molar-refractivity contribution in [2.24, 2.45) is 5.92 Å². The standard InChI is InChI=1S/C19H26FN3O5/c1-11(12-6-7-15(27-5)14(20)8-12)21-17(25)13-9-16(24)22-23(10-13)18(26)28-19(2,3)4/h6-8,11,13H,9-10H2,1-5H3,(H,21,25)(H,22,24)/t11-,13-/m1/s1. The van der Waals surface area contributed by atoms with Crippen LogP contribution in [0.3, 0.4) is 0 Å². The first-order chi connectivity index (χ1) is 13.0. The lowest BCUT2D eigenvalue weighted by atomic mass is 10.0. The zero-order valence-electron chi connectivity index (χ0n) is 16.7. The molecule has 2 atom stereocenters. The number of carbonyl (C=O) groups excluding carboxylic acids is 3. The van der Waals surface area contributed by atoms with Gasteiger partial charge in [0.15, 0.2) is 11.6 Å². The molecule has 154 valence electrons. The van der Waals surface area contributed by atoms with Gasteiger partial charge < -0.3 is 14.8 Å². The Bertz CT molecular complexity index is 762. The third kappa shape index (κ3) is 5.58. The molecule has 1 heterocycles. The summed E-state index contributed by atoms with van der Waals surface area (Å²) >= 11 is 0. The molecule has 0 saturated carbocycles. The Labute approximate surface area is 163 Å². The molecule has 1 aliphatic heterocycles. The van der Waals surface area contributed by atoms with Gasteiger partial charge in [-0.15, -0.1) is 0 Å². The molecule has 1 aromatic rings. The Balaban J connectivity index is 2.03. The minimum Gasteiger partial charge on any atom is -0.494 e. The molecule has 0 radical (unpaired) electrons. The average molecular weight is 395 g/mol. The number of hydrogen-bond donors (Lipinski definition) is 2. The molecule has 0 aliphatic carbocycles. The van der Waals surface area contributed by atoms with Crippen LogP contribution in [0.1, 0.15) is 45.7 Å². The summed E-state index contributed by atoms with van der Waals surface area (Å²) in [6.45, 7) is 6.80. The first-order valence-electron chi connectivity index (χ1n) is 8.94. The fourth-order valence-electron chi connectivity index (χ4n) is 2.73. The van der Waals surface area contributed by atoms with Gasteiger partial charge in [0, 0.05) is 6.42 Å². The number of benzene rings is 1. The minimum atomic E-state index is -0.744. The van der Waals surface area contributed by atoms with E-state index in [9.17, 15) is 18.8 Å². The number of carbonyl (C=O) groups is 3. The zero-order chi connectivity index (χ0) is 21.1. The summed E-state index contributed by atoms with van der Waals surface area (Å²) < 4.78 is 24.0. The summed E-state index contributed by atoms with van der Waals surface area (Å²) in [4.78, 5) is 36.7. The topological polar surface area (TPSA) is 97.0 Å². The van der Waals surface area contributed by atoms with Crippen LogP contribution >= 0.6 is 0 Å². The number of methoxy groups -OCH3 is 1. The molecule has 0 spiro atoms. The van der Waals surface area contributed by atoms with Gasteiger partial charge in [0.2, 0.25) is 11.8 Å². The van der Waals surface area contributed by atoms with E-state index >= 15 is 0 Å². The summed E-state index contributed by atoms with van der Waals surface area (Å²) in [6.07, 6.45) is -0.793. The fraction of sp³-hybridized carbons (Fsp3) is 0.526. The number of hydrazine groups is 1. The van der Waals surface area contributed by atoms with Crippen LogP contribution in [-0.4, -0.2) is 42.2 Å². The molecule has 1 aromatic carbocycles. The first kappa shape index (κ1) is 21.5. The molecule has 0 aromatic heterocycles. The normalized spacial score (nSPS) is 18.1. The third-order valence-corrected chi connectivity index (χ3v) is 4.11. The molecule has 28 heavy (non-hydrogen) atoms. The summed E-state index contributed by atoms with van der Waals surface area (Å²) in [7, 11) is 1.37. The van der Waals surface area contributed by atoms with Gasteiger partial charge in [-0.3, -0.25) is 15.0 Å². The molecule has 2 N–H and O–H groups in total. The van der Waals surface area contributed by atoms with Crippen molar-refractivity contribution in [1.82, 2.24) is 15.8 Å². The lowest BCUT2D eigenvalue weighted by molar-refractivity contribution is -0.138. The number of ether oxygens (including phenoxy) is 2. The van der Waals surface area contributed by atoms with Crippen molar-refractivity contribution >= 4 is 17.9 Å². The smallest absolute Gasteiger partial charge is 0.429 e. The number of rotatable bonds is 4. The van der Waals surface area contributed by atoms with Gasteiger partial charge in [0.05, 0.1) is 25.6 Å².